The molecule has 1 saturated heterocycles. The van der Waals surface area contributed by atoms with Crippen LogP contribution in [0.1, 0.15) is 12.8 Å². The highest BCUT2D eigenvalue weighted by Gasteiger charge is 2.34. The van der Waals surface area contributed by atoms with E-state index in [0.29, 0.717) is 12.8 Å². The number of hydrogen-bond acceptors (Lipinski definition) is 3. The summed E-state index contributed by atoms with van der Waals surface area (Å²) < 4.78 is 54.0. The van der Waals surface area contributed by atoms with Crippen molar-refractivity contribution in [1.29, 1.82) is 0 Å². The largest absolute Gasteiger partial charge is 0.323 e. The molecule has 1 heterocycles. The molecule has 0 unspecified atom stereocenters. The zero-order valence-electron chi connectivity index (χ0n) is 14.5. The lowest BCUT2D eigenvalue weighted by Gasteiger charge is -2.31. The van der Waals surface area contributed by atoms with Crippen molar-refractivity contribution in [3.8, 4) is 0 Å². The molecule has 1 aliphatic rings. The molecule has 1 N–H and O–H groups in total. The van der Waals surface area contributed by atoms with E-state index in [2.05, 4.69) is 5.32 Å². The molecule has 0 saturated carbocycles. The van der Waals surface area contributed by atoms with Crippen LogP contribution in [0.4, 0.5) is 14.5 Å². The van der Waals surface area contributed by atoms with Crippen molar-refractivity contribution >= 4 is 44.8 Å². The van der Waals surface area contributed by atoms with Crippen LogP contribution in [0.3, 0.4) is 0 Å². The average Bonchev–Trinajstić information content (AvgIpc) is 2.66. The maximum atomic E-state index is 13.8. The molecule has 1 amide bonds. The van der Waals surface area contributed by atoms with Crippen LogP contribution in [-0.4, -0.2) is 31.7 Å². The van der Waals surface area contributed by atoms with Crippen molar-refractivity contribution < 1.29 is 22.0 Å². The van der Waals surface area contributed by atoms with E-state index < -0.39 is 33.5 Å². The van der Waals surface area contributed by atoms with Gasteiger partial charge in [0.05, 0.1) is 16.6 Å². The van der Waals surface area contributed by atoms with Gasteiger partial charge < -0.3 is 5.32 Å². The van der Waals surface area contributed by atoms with E-state index in [4.69, 9.17) is 23.2 Å². The fourth-order valence-electron chi connectivity index (χ4n) is 3.02. The molecule has 1 fully saturated rings. The van der Waals surface area contributed by atoms with Gasteiger partial charge in [0.15, 0.2) is 0 Å². The molecule has 0 radical (unpaired) electrons. The van der Waals surface area contributed by atoms with E-state index >= 15 is 0 Å². The SMILES string of the molecule is O=C(Nc1cc(F)ccc1F)[C@H]1CCCN(S(=O)(=O)c2cc(Cl)ccc2Cl)C1. The van der Waals surface area contributed by atoms with Gasteiger partial charge in [-0.15, -0.1) is 0 Å². The Kier molecular flexibility index (Phi) is 6.24. The lowest BCUT2D eigenvalue weighted by molar-refractivity contribution is -0.120. The maximum Gasteiger partial charge on any atom is 0.244 e. The number of rotatable bonds is 4. The van der Waals surface area contributed by atoms with Gasteiger partial charge in [-0.25, -0.2) is 17.2 Å². The van der Waals surface area contributed by atoms with Crippen LogP contribution < -0.4 is 5.32 Å². The summed E-state index contributed by atoms with van der Waals surface area (Å²) >= 11 is 11.9. The van der Waals surface area contributed by atoms with Crippen LogP contribution in [0, 0.1) is 17.6 Å². The number of carbonyl (C=O) groups excluding carboxylic acids is 1. The van der Waals surface area contributed by atoms with Crippen LogP contribution in [0.25, 0.3) is 0 Å². The first-order valence-electron chi connectivity index (χ1n) is 8.39. The second-order valence-electron chi connectivity index (χ2n) is 6.39. The van der Waals surface area contributed by atoms with Gasteiger partial charge in [0.2, 0.25) is 15.9 Å². The van der Waals surface area contributed by atoms with Crippen LogP contribution in [-0.2, 0) is 14.8 Å². The summed E-state index contributed by atoms with van der Waals surface area (Å²) in [7, 11) is -3.97. The predicted octanol–water partition coefficient (Wildman–Crippen LogP) is 4.31. The smallest absolute Gasteiger partial charge is 0.244 e. The van der Waals surface area contributed by atoms with Gasteiger partial charge in [0.25, 0.3) is 0 Å². The number of amides is 1. The lowest BCUT2D eigenvalue weighted by Crippen LogP contribution is -2.43. The van der Waals surface area contributed by atoms with Crippen molar-refractivity contribution in [2.45, 2.75) is 17.7 Å². The third kappa shape index (κ3) is 4.46. The van der Waals surface area contributed by atoms with Gasteiger partial charge >= 0.3 is 0 Å². The summed E-state index contributed by atoms with van der Waals surface area (Å²) in [5, 5.41) is 2.57. The molecule has 0 aromatic heterocycles. The fourth-order valence-corrected chi connectivity index (χ4v) is 5.28. The van der Waals surface area contributed by atoms with Gasteiger partial charge in [0.1, 0.15) is 16.5 Å². The van der Waals surface area contributed by atoms with Gasteiger partial charge in [-0.2, -0.15) is 4.31 Å². The highest BCUT2D eigenvalue weighted by molar-refractivity contribution is 7.89. The highest BCUT2D eigenvalue weighted by Crippen LogP contribution is 2.31. The molecule has 2 aromatic rings. The summed E-state index contributed by atoms with van der Waals surface area (Å²) in [5.41, 5.74) is -0.289. The summed E-state index contributed by atoms with van der Waals surface area (Å²) in [4.78, 5) is 12.4. The molecule has 5 nitrogen and oxygen atoms in total. The van der Waals surface area contributed by atoms with Crippen LogP contribution in [0.15, 0.2) is 41.3 Å². The van der Waals surface area contributed by atoms with Gasteiger partial charge in [-0.3, -0.25) is 4.79 Å². The van der Waals surface area contributed by atoms with E-state index in [1.165, 1.54) is 18.2 Å². The molecule has 1 atom stereocenters. The molecule has 150 valence electrons. The Labute approximate surface area is 171 Å². The Hall–Kier alpha value is -1.74. The fraction of sp³-hybridized carbons (Fsp3) is 0.278. The van der Waals surface area contributed by atoms with Crippen molar-refractivity contribution in [2.24, 2.45) is 5.92 Å². The zero-order chi connectivity index (χ0) is 20.5. The van der Waals surface area contributed by atoms with Crippen LogP contribution in [0.2, 0.25) is 10.0 Å². The summed E-state index contributed by atoms with van der Waals surface area (Å²) in [6, 6.07) is 6.83. The van der Waals surface area contributed by atoms with E-state index in [1.54, 1.807) is 0 Å². The minimum absolute atomic E-state index is 0.0257. The van der Waals surface area contributed by atoms with Crippen molar-refractivity contribution in [3.05, 3.63) is 58.1 Å². The Bertz CT molecular complexity index is 1020. The molecule has 10 heteroatoms. The standard InChI is InChI=1S/C18H16Cl2F2N2O3S/c19-12-3-5-14(20)17(8-12)28(26,27)24-7-1-2-11(10-24)18(25)23-16-9-13(21)4-6-15(16)22/h3-6,8-9,11H,1-2,7,10H2,(H,23,25)/t11-/m0/s1. The first kappa shape index (κ1) is 21.0. The van der Waals surface area contributed by atoms with E-state index in [0.717, 1.165) is 22.5 Å². The number of hydrogen-bond donors (Lipinski definition) is 1. The molecule has 3 rings (SSSR count). The molecular weight excluding hydrogens is 433 g/mol. The summed E-state index contributed by atoms with van der Waals surface area (Å²) in [5.74, 6) is -2.77. The van der Waals surface area contributed by atoms with E-state index in [1.807, 2.05) is 0 Å². The van der Waals surface area contributed by atoms with Gasteiger partial charge in [-0.1, -0.05) is 23.2 Å². The zero-order valence-corrected chi connectivity index (χ0v) is 16.8. The van der Waals surface area contributed by atoms with Crippen molar-refractivity contribution in [1.82, 2.24) is 4.31 Å². The Balaban J connectivity index is 1.79. The minimum atomic E-state index is -3.97. The van der Waals surface area contributed by atoms with E-state index in [-0.39, 0.29) is 33.7 Å². The number of nitrogens with one attached hydrogen (secondary N) is 1. The first-order chi connectivity index (χ1) is 13.2. The van der Waals surface area contributed by atoms with Gasteiger partial charge in [-0.05, 0) is 43.2 Å². The van der Waals surface area contributed by atoms with Crippen molar-refractivity contribution in [2.75, 3.05) is 18.4 Å². The highest BCUT2D eigenvalue weighted by atomic mass is 35.5. The first-order valence-corrected chi connectivity index (χ1v) is 10.6. The van der Waals surface area contributed by atoms with Gasteiger partial charge in [0, 0.05) is 24.2 Å². The summed E-state index contributed by atoms with van der Waals surface area (Å²) in [6.45, 7) is 0.108. The second kappa shape index (κ2) is 8.32. The Morgan fingerprint density at radius 1 is 1.14 bits per heavy atom. The molecule has 0 spiro atoms. The molecule has 2 aromatic carbocycles. The minimum Gasteiger partial charge on any atom is -0.323 e. The number of piperidine rings is 1. The molecule has 0 aliphatic carbocycles. The predicted molar refractivity (Wildman–Crippen MR) is 103 cm³/mol. The second-order valence-corrected chi connectivity index (χ2v) is 9.14. The number of sulfonamides is 1. The Morgan fingerprint density at radius 3 is 2.64 bits per heavy atom. The topological polar surface area (TPSA) is 66.5 Å². The molecule has 28 heavy (non-hydrogen) atoms. The van der Waals surface area contributed by atoms with Crippen molar-refractivity contribution in [3.63, 3.8) is 0 Å². The third-order valence-electron chi connectivity index (χ3n) is 4.45. The quantitative estimate of drug-likeness (QED) is 0.757. The maximum absolute atomic E-state index is 13.8. The number of halogens is 4. The number of benzene rings is 2. The van der Waals surface area contributed by atoms with Crippen LogP contribution >= 0.6 is 23.2 Å². The lowest BCUT2D eigenvalue weighted by atomic mass is 9.98. The average molecular weight is 449 g/mol. The molecule has 0 bridgehead atoms. The number of anilines is 1. The number of nitrogens with zero attached hydrogens (tertiary/aromatic N) is 1. The molecular formula is C18H16Cl2F2N2O3S. The normalized spacial score (nSPS) is 18.1. The van der Waals surface area contributed by atoms with E-state index in [9.17, 15) is 22.0 Å². The monoisotopic (exact) mass is 448 g/mol. The Morgan fingerprint density at radius 2 is 1.89 bits per heavy atom. The third-order valence-corrected chi connectivity index (χ3v) is 7.03. The molecule has 1 aliphatic heterocycles. The van der Waals surface area contributed by atoms with Crippen LogP contribution in [0.5, 0.6) is 0 Å². The summed E-state index contributed by atoms with van der Waals surface area (Å²) in [6.07, 6.45) is 0.846. The number of carbonyl (C=O) groups is 1.